The van der Waals surface area contributed by atoms with Gasteiger partial charge >= 0.3 is 0 Å². The zero-order chi connectivity index (χ0) is 12.3. The van der Waals surface area contributed by atoms with Crippen molar-refractivity contribution in [1.29, 1.82) is 0 Å². The maximum Gasteiger partial charge on any atom is 0.272 e. The molecule has 0 unspecified atom stereocenters. The number of alkyl halides is 2. The van der Waals surface area contributed by atoms with Crippen LogP contribution in [0, 0.1) is 6.92 Å². The fraction of sp³-hybridized carbons (Fsp3) is 0.231. The average Bonchev–Trinajstić information content (AvgIpc) is 2.80. The summed E-state index contributed by atoms with van der Waals surface area (Å²) in [6.45, 7) is 1.26. The van der Waals surface area contributed by atoms with Gasteiger partial charge in [-0.15, -0.1) is 0 Å². The van der Waals surface area contributed by atoms with Crippen LogP contribution < -0.4 is 4.74 Å². The van der Waals surface area contributed by atoms with Crippen molar-refractivity contribution >= 4 is 0 Å². The molecule has 0 aliphatic heterocycles. The second-order valence-corrected chi connectivity index (χ2v) is 3.68. The summed E-state index contributed by atoms with van der Waals surface area (Å²) >= 11 is 0. The number of furan rings is 1. The summed E-state index contributed by atoms with van der Waals surface area (Å²) in [7, 11) is 0. The second-order valence-electron chi connectivity index (χ2n) is 3.68. The SMILES string of the molecule is Cc1ccc(-c2ccco2)c(OCC(F)F)c1. The highest BCUT2D eigenvalue weighted by molar-refractivity contribution is 5.66. The Morgan fingerprint density at radius 3 is 2.76 bits per heavy atom. The van der Waals surface area contributed by atoms with Crippen molar-refractivity contribution in [2.24, 2.45) is 0 Å². The van der Waals surface area contributed by atoms with E-state index in [9.17, 15) is 8.78 Å². The van der Waals surface area contributed by atoms with Crippen LogP contribution in [0.25, 0.3) is 11.3 Å². The van der Waals surface area contributed by atoms with Crippen LogP contribution in [0.15, 0.2) is 41.0 Å². The molecule has 0 N–H and O–H groups in total. The molecule has 2 rings (SSSR count). The molecule has 0 saturated carbocycles. The molecule has 0 aliphatic carbocycles. The third-order valence-corrected chi connectivity index (χ3v) is 2.29. The monoisotopic (exact) mass is 238 g/mol. The molecule has 0 amide bonds. The van der Waals surface area contributed by atoms with E-state index in [1.54, 1.807) is 24.3 Å². The number of benzene rings is 1. The molecule has 0 saturated heterocycles. The van der Waals surface area contributed by atoms with Crippen molar-refractivity contribution in [1.82, 2.24) is 0 Å². The second kappa shape index (κ2) is 4.99. The van der Waals surface area contributed by atoms with E-state index in [0.717, 1.165) is 5.56 Å². The van der Waals surface area contributed by atoms with Crippen molar-refractivity contribution in [3.8, 4) is 17.1 Å². The van der Waals surface area contributed by atoms with Crippen LogP contribution in [-0.2, 0) is 0 Å². The Morgan fingerprint density at radius 1 is 1.29 bits per heavy atom. The molecule has 1 aromatic heterocycles. The van der Waals surface area contributed by atoms with Gasteiger partial charge in [-0.05, 0) is 36.8 Å². The molecule has 17 heavy (non-hydrogen) atoms. The van der Waals surface area contributed by atoms with E-state index in [1.807, 2.05) is 13.0 Å². The standard InChI is InChI=1S/C13H12F2O2/c1-9-4-5-10(11-3-2-6-16-11)12(7-9)17-8-13(14)15/h2-7,13H,8H2,1H3. The van der Waals surface area contributed by atoms with Gasteiger partial charge in [0.2, 0.25) is 0 Å². The summed E-state index contributed by atoms with van der Waals surface area (Å²) in [5, 5.41) is 0. The number of rotatable bonds is 4. The van der Waals surface area contributed by atoms with Crippen LogP contribution in [0.1, 0.15) is 5.56 Å². The lowest BCUT2D eigenvalue weighted by molar-refractivity contribution is 0.0821. The summed E-state index contributed by atoms with van der Waals surface area (Å²) < 4.78 is 34.6. The third-order valence-electron chi connectivity index (χ3n) is 2.29. The molecular formula is C13H12F2O2. The smallest absolute Gasteiger partial charge is 0.272 e. The van der Waals surface area contributed by atoms with Gasteiger partial charge < -0.3 is 9.15 Å². The first-order chi connectivity index (χ1) is 8.16. The zero-order valence-electron chi connectivity index (χ0n) is 9.32. The van der Waals surface area contributed by atoms with E-state index in [1.165, 1.54) is 6.26 Å². The fourth-order valence-electron chi connectivity index (χ4n) is 1.54. The molecule has 0 spiro atoms. The largest absolute Gasteiger partial charge is 0.487 e. The molecule has 2 aromatic rings. The number of halogens is 2. The summed E-state index contributed by atoms with van der Waals surface area (Å²) in [6, 6.07) is 8.91. The Labute approximate surface area is 97.8 Å². The molecule has 2 nitrogen and oxygen atoms in total. The van der Waals surface area contributed by atoms with Crippen LogP contribution in [0.4, 0.5) is 8.78 Å². The van der Waals surface area contributed by atoms with Gasteiger partial charge in [0, 0.05) is 0 Å². The molecule has 4 heteroatoms. The van der Waals surface area contributed by atoms with Crippen LogP contribution in [0.5, 0.6) is 5.75 Å². The zero-order valence-corrected chi connectivity index (χ0v) is 9.32. The number of hydrogen-bond donors (Lipinski definition) is 0. The molecule has 0 atom stereocenters. The highest BCUT2D eigenvalue weighted by atomic mass is 19.3. The minimum absolute atomic E-state index is 0.417. The molecule has 0 bridgehead atoms. The summed E-state index contributed by atoms with van der Waals surface area (Å²) in [5.74, 6) is 1.02. The summed E-state index contributed by atoms with van der Waals surface area (Å²) in [5.41, 5.74) is 1.63. The van der Waals surface area contributed by atoms with Crippen molar-refractivity contribution in [2.75, 3.05) is 6.61 Å². The van der Waals surface area contributed by atoms with Gasteiger partial charge in [0.15, 0.2) is 0 Å². The van der Waals surface area contributed by atoms with Gasteiger partial charge in [0.1, 0.15) is 18.1 Å². The van der Waals surface area contributed by atoms with E-state index in [-0.39, 0.29) is 0 Å². The first-order valence-corrected chi connectivity index (χ1v) is 5.22. The maximum atomic E-state index is 12.1. The highest BCUT2D eigenvalue weighted by Gasteiger charge is 2.11. The third kappa shape index (κ3) is 2.84. The quantitative estimate of drug-likeness (QED) is 0.806. The lowest BCUT2D eigenvalue weighted by Gasteiger charge is -2.10. The van der Waals surface area contributed by atoms with Gasteiger partial charge in [-0.1, -0.05) is 6.07 Å². The van der Waals surface area contributed by atoms with Gasteiger partial charge in [0.25, 0.3) is 6.43 Å². The molecule has 1 aromatic carbocycles. The van der Waals surface area contributed by atoms with Gasteiger partial charge in [0.05, 0.1) is 11.8 Å². The molecule has 90 valence electrons. The Morgan fingerprint density at radius 2 is 2.12 bits per heavy atom. The van der Waals surface area contributed by atoms with E-state index in [0.29, 0.717) is 17.1 Å². The molecule has 0 fully saturated rings. The number of aryl methyl sites for hydroxylation is 1. The normalized spacial score (nSPS) is 10.8. The van der Waals surface area contributed by atoms with Crippen LogP contribution in [0.3, 0.4) is 0 Å². The Kier molecular flexibility index (Phi) is 3.42. The van der Waals surface area contributed by atoms with Crippen LogP contribution in [-0.4, -0.2) is 13.0 Å². The van der Waals surface area contributed by atoms with E-state index < -0.39 is 13.0 Å². The average molecular weight is 238 g/mol. The van der Waals surface area contributed by atoms with Gasteiger partial charge in [-0.25, -0.2) is 8.78 Å². The minimum atomic E-state index is -2.49. The van der Waals surface area contributed by atoms with Crippen molar-refractivity contribution in [2.45, 2.75) is 13.3 Å². The Hall–Kier alpha value is -1.84. The predicted octanol–water partition coefficient (Wildman–Crippen LogP) is 3.90. The topological polar surface area (TPSA) is 22.4 Å². The van der Waals surface area contributed by atoms with E-state index >= 15 is 0 Å². The van der Waals surface area contributed by atoms with E-state index in [4.69, 9.17) is 9.15 Å². The van der Waals surface area contributed by atoms with Gasteiger partial charge in [-0.3, -0.25) is 0 Å². The Bertz CT molecular complexity index is 478. The first kappa shape index (κ1) is 11.6. The molecule has 1 heterocycles. The first-order valence-electron chi connectivity index (χ1n) is 5.22. The van der Waals surface area contributed by atoms with E-state index in [2.05, 4.69) is 0 Å². The molecule has 0 radical (unpaired) electrons. The summed E-state index contributed by atoms with van der Waals surface area (Å²) in [6.07, 6.45) is -0.952. The van der Waals surface area contributed by atoms with Crippen molar-refractivity contribution < 1.29 is 17.9 Å². The minimum Gasteiger partial charge on any atom is -0.487 e. The molecule has 0 aliphatic rings. The highest BCUT2D eigenvalue weighted by Crippen LogP contribution is 2.31. The Balaban J connectivity index is 2.31. The van der Waals surface area contributed by atoms with Crippen LogP contribution in [0.2, 0.25) is 0 Å². The maximum absolute atomic E-state index is 12.1. The number of hydrogen-bond acceptors (Lipinski definition) is 2. The van der Waals surface area contributed by atoms with Crippen LogP contribution >= 0.6 is 0 Å². The predicted molar refractivity (Wildman–Crippen MR) is 60.4 cm³/mol. The lowest BCUT2D eigenvalue weighted by Crippen LogP contribution is -2.07. The lowest BCUT2D eigenvalue weighted by atomic mass is 10.1. The fourth-order valence-corrected chi connectivity index (χ4v) is 1.54. The molecular weight excluding hydrogens is 226 g/mol. The van der Waals surface area contributed by atoms with Crippen molar-refractivity contribution in [3.63, 3.8) is 0 Å². The van der Waals surface area contributed by atoms with Gasteiger partial charge in [-0.2, -0.15) is 0 Å². The number of ether oxygens (including phenoxy) is 1. The summed E-state index contributed by atoms with van der Waals surface area (Å²) in [4.78, 5) is 0. The van der Waals surface area contributed by atoms with Crippen molar-refractivity contribution in [3.05, 3.63) is 42.2 Å².